The summed E-state index contributed by atoms with van der Waals surface area (Å²) in [5.74, 6) is 0.419. The van der Waals surface area contributed by atoms with Crippen molar-refractivity contribution in [1.29, 1.82) is 0 Å². The third-order valence-corrected chi connectivity index (χ3v) is 2.75. The summed E-state index contributed by atoms with van der Waals surface area (Å²) < 4.78 is 4.87. The van der Waals surface area contributed by atoms with Gasteiger partial charge >= 0.3 is 5.97 Å². The number of hydrogen-bond donors (Lipinski definition) is 0. The topological polar surface area (TPSA) is 43.4 Å². The van der Waals surface area contributed by atoms with Crippen molar-refractivity contribution in [2.24, 2.45) is 11.8 Å². The average molecular weight is 210 g/mol. The van der Waals surface area contributed by atoms with Crippen molar-refractivity contribution in [3.63, 3.8) is 0 Å². The Labute approximate surface area is 90.5 Å². The molecule has 1 aliphatic rings. The maximum Gasteiger partial charge on any atom is 0.302 e. The molecule has 3 nitrogen and oxygen atoms in total. The highest BCUT2D eigenvalue weighted by molar-refractivity contribution is 5.93. The van der Waals surface area contributed by atoms with Crippen molar-refractivity contribution < 1.29 is 14.3 Å². The smallest absolute Gasteiger partial charge is 0.302 e. The highest BCUT2D eigenvalue weighted by Crippen LogP contribution is 2.26. The van der Waals surface area contributed by atoms with E-state index in [0.717, 1.165) is 18.4 Å². The van der Waals surface area contributed by atoms with Crippen LogP contribution in [0.3, 0.4) is 0 Å². The van der Waals surface area contributed by atoms with Crippen molar-refractivity contribution in [3.8, 4) is 0 Å². The molecule has 0 saturated carbocycles. The zero-order valence-electron chi connectivity index (χ0n) is 9.58. The number of allylic oxidation sites excluding steroid dienone is 1. The quantitative estimate of drug-likeness (QED) is 0.670. The minimum Gasteiger partial charge on any atom is -0.461 e. The minimum absolute atomic E-state index is 0.145. The van der Waals surface area contributed by atoms with E-state index in [1.807, 2.05) is 0 Å². The molecule has 0 saturated heterocycles. The zero-order chi connectivity index (χ0) is 11.4. The molecule has 1 aliphatic carbocycles. The van der Waals surface area contributed by atoms with Gasteiger partial charge in [-0.3, -0.25) is 9.59 Å². The van der Waals surface area contributed by atoms with Gasteiger partial charge in [0.15, 0.2) is 5.78 Å². The van der Waals surface area contributed by atoms with Gasteiger partial charge in [-0.25, -0.2) is 0 Å². The van der Waals surface area contributed by atoms with Gasteiger partial charge in [0, 0.05) is 12.8 Å². The van der Waals surface area contributed by atoms with Crippen molar-refractivity contribution in [1.82, 2.24) is 0 Å². The first-order valence-corrected chi connectivity index (χ1v) is 5.37. The Morgan fingerprint density at radius 3 is 2.73 bits per heavy atom. The van der Waals surface area contributed by atoms with Crippen LogP contribution in [0.2, 0.25) is 0 Å². The zero-order valence-corrected chi connectivity index (χ0v) is 9.58. The van der Waals surface area contributed by atoms with E-state index in [0.29, 0.717) is 5.92 Å². The molecule has 0 N–H and O–H groups in total. The van der Waals surface area contributed by atoms with Crippen LogP contribution in [0.15, 0.2) is 11.6 Å². The fraction of sp³-hybridized carbons (Fsp3) is 0.667. The normalized spacial score (nSPS) is 21.5. The lowest BCUT2D eigenvalue weighted by Crippen LogP contribution is -2.23. The van der Waals surface area contributed by atoms with Crippen LogP contribution in [-0.4, -0.2) is 18.4 Å². The summed E-state index contributed by atoms with van der Waals surface area (Å²) in [6.45, 7) is 5.77. The van der Waals surface area contributed by atoms with Gasteiger partial charge in [0.2, 0.25) is 0 Å². The second kappa shape index (κ2) is 5.10. The number of ketones is 1. The molecule has 0 bridgehead atoms. The second-order valence-corrected chi connectivity index (χ2v) is 4.37. The van der Waals surface area contributed by atoms with Crippen LogP contribution in [-0.2, 0) is 14.3 Å². The predicted molar refractivity (Wildman–Crippen MR) is 57.3 cm³/mol. The van der Waals surface area contributed by atoms with Gasteiger partial charge in [-0.15, -0.1) is 0 Å². The molecular formula is C12H18O3. The summed E-state index contributed by atoms with van der Waals surface area (Å²) in [4.78, 5) is 22.3. The Hall–Kier alpha value is -1.12. The Morgan fingerprint density at radius 2 is 2.27 bits per heavy atom. The van der Waals surface area contributed by atoms with Gasteiger partial charge in [0.25, 0.3) is 0 Å². The van der Waals surface area contributed by atoms with E-state index in [1.165, 1.54) is 6.92 Å². The van der Waals surface area contributed by atoms with Crippen molar-refractivity contribution in [3.05, 3.63) is 11.6 Å². The Morgan fingerprint density at radius 1 is 1.60 bits per heavy atom. The SMILES string of the molecule is CC(=O)OCC1=CC(=O)[C@@H](C(C)C)CC1. The summed E-state index contributed by atoms with van der Waals surface area (Å²) in [6.07, 6.45) is 3.39. The van der Waals surface area contributed by atoms with E-state index in [4.69, 9.17) is 4.74 Å². The third-order valence-electron chi connectivity index (χ3n) is 2.75. The molecule has 0 heterocycles. The molecule has 0 aromatic carbocycles. The minimum atomic E-state index is -0.297. The number of hydrogen-bond acceptors (Lipinski definition) is 3. The highest BCUT2D eigenvalue weighted by atomic mass is 16.5. The van der Waals surface area contributed by atoms with Crippen LogP contribution in [0.4, 0.5) is 0 Å². The van der Waals surface area contributed by atoms with Crippen molar-refractivity contribution in [2.45, 2.75) is 33.6 Å². The molecule has 3 heteroatoms. The van der Waals surface area contributed by atoms with Gasteiger partial charge in [-0.05, 0) is 30.4 Å². The average Bonchev–Trinajstić information content (AvgIpc) is 2.14. The molecule has 1 rings (SSSR count). The molecular weight excluding hydrogens is 192 g/mol. The lowest BCUT2D eigenvalue weighted by Gasteiger charge is -2.23. The number of carbonyl (C=O) groups is 2. The van der Waals surface area contributed by atoms with E-state index >= 15 is 0 Å². The fourth-order valence-electron chi connectivity index (χ4n) is 1.83. The lowest BCUT2D eigenvalue weighted by molar-refractivity contribution is -0.140. The molecule has 1 atom stereocenters. The first-order valence-electron chi connectivity index (χ1n) is 5.37. The van der Waals surface area contributed by atoms with Crippen LogP contribution in [0.5, 0.6) is 0 Å². The molecule has 0 unspecified atom stereocenters. The van der Waals surface area contributed by atoms with Gasteiger partial charge in [0.05, 0.1) is 0 Å². The summed E-state index contributed by atoms with van der Waals surface area (Å²) in [6, 6.07) is 0. The van der Waals surface area contributed by atoms with Crippen LogP contribution in [0, 0.1) is 11.8 Å². The highest BCUT2D eigenvalue weighted by Gasteiger charge is 2.25. The monoisotopic (exact) mass is 210 g/mol. The number of ether oxygens (including phenoxy) is 1. The number of esters is 1. The molecule has 0 aliphatic heterocycles. The molecule has 0 fully saturated rings. The van der Waals surface area contributed by atoms with E-state index in [9.17, 15) is 9.59 Å². The second-order valence-electron chi connectivity index (χ2n) is 4.37. The Bertz CT molecular complexity index is 289. The van der Waals surface area contributed by atoms with Crippen LogP contribution in [0.25, 0.3) is 0 Å². The first-order chi connectivity index (χ1) is 7.00. The molecule has 0 amide bonds. The standard InChI is InChI=1S/C12H18O3/c1-8(2)11-5-4-10(6-12(11)14)7-15-9(3)13/h6,8,11H,4-5,7H2,1-3H3/t11-/m1/s1. The van der Waals surface area contributed by atoms with E-state index in [2.05, 4.69) is 13.8 Å². The summed E-state index contributed by atoms with van der Waals surface area (Å²) in [5.41, 5.74) is 0.937. The lowest BCUT2D eigenvalue weighted by atomic mass is 9.81. The molecule has 0 aromatic rings. The van der Waals surface area contributed by atoms with Crippen molar-refractivity contribution in [2.75, 3.05) is 6.61 Å². The van der Waals surface area contributed by atoms with E-state index in [1.54, 1.807) is 6.08 Å². The molecule has 0 aromatic heterocycles. The molecule has 0 spiro atoms. The maximum atomic E-state index is 11.7. The number of rotatable bonds is 3. The van der Waals surface area contributed by atoms with E-state index < -0.39 is 0 Å². The molecule has 15 heavy (non-hydrogen) atoms. The summed E-state index contributed by atoms with van der Waals surface area (Å²) in [5, 5.41) is 0. The van der Waals surface area contributed by atoms with Crippen molar-refractivity contribution >= 4 is 11.8 Å². The largest absolute Gasteiger partial charge is 0.461 e. The molecule has 0 radical (unpaired) electrons. The van der Waals surface area contributed by atoms with Crippen LogP contribution >= 0.6 is 0 Å². The fourth-order valence-corrected chi connectivity index (χ4v) is 1.83. The van der Waals surface area contributed by atoms with Crippen LogP contribution < -0.4 is 0 Å². The third kappa shape index (κ3) is 3.50. The van der Waals surface area contributed by atoms with Gasteiger partial charge in [-0.2, -0.15) is 0 Å². The molecule has 84 valence electrons. The summed E-state index contributed by atoms with van der Waals surface area (Å²) in [7, 11) is 0. The van der Waals surface area contributed by atoms with E-state index in [-0.39, 0.29) is 24.3 Å². The predicted octanol–water partition coefficient (Wildman–Crippen LogP) is 2.11. The van der Waals surface area contributed by atoms with Gasteiger partial charge < -0.3 is 4.74 Å². The van der Waals surface area contributed by atoms with Gasteiger partial charge in [0.1, 0.15) is 6.61 Å². The Kier molecular flexibility index (Phi) is 4.06. The summed E-state index contributed by atoms with van der Waals surface area (Å²) >= 11 is 0. The maximum absolute atomic E-state index is 11.7. The Balaban J connectivity index is 2.54. The number of carbonyl (C=O) groups excluding carboxylic acids is 2. The first kappa shape index (κ1) is 12.0. The van der Waals surface area contributed by atoms with Gasteiger partial charge in [-0.1, -0.05) is 13.8 Å². The van der Waals surface area contributed by atoms with Crippen LogP contribution in [0.1, 0.15) is 33.6 Å².